The van der Waals surface area contributed by atoms with Gasteiger partial charge in [-0.2, -0.15) is 13.2 Å². The number of imide groups is 1. The molecular weight excluding hydrogens is 435 g/mol. The minimum Gasteiger partial charge on any atom is -0.324 e. The third-order valence-corrected chi connectivity index (χ3v) is 7.58. The van der Waals surface area contributed by atoms with Gasteiger partial charge in [0.25, 0.3) is 0 Å². The largest absolute Gasteiger partial charge is 0.416 e. The Morgan fingerprint density at radius 2 is 1.85 bits per heavy atom. The Balaban J connectivity index is 1.53. The Hall–Kier alpha value is -3.20. The van der Waals surface area contributed by atoms with Crippen LogP contribution in [0.15, 0.2) is 42.5 Å². The number of halogens is 3. The van der Waals surface area contributed by atoms with Crippen molar-refractivity contribution < 1.29 is 27.6 Å². The molecule has 3 saturated heterocycles. The van der Waals surface area contributed by atoms with Gasteiger partial charge in [0.15, 0.2) is 0 Å². The van der Waals surface area contributed by atoms with Crippen molar-refractivity contribution in [1.29, 1.82) is 0 Å². The summed E-state index contributed by atoms with van der Waals surface area (Å²) in [6, 6.07) is 9.45. The molecular formula is C24H20F3N3O3. The van der Waals surface area contributed by atoms with Gasteiger partial charge in [0, 0.05) is 17.3 Å². The van der Waals surface area contributed by atoms with Gasteiger partial charge >= 0.3 is 6.18 Å². The van der Waals surface area contributed by atoms with E-state index >= 15 is 0 Å². The highest BCUT2D eigenvalue weighted by atomic mass is 19.4. The number of carbonyl (C=O) groups excluding carboxylic acids is 3. The van der Waals surface area contributed by atoms with Crippen LogP contribution in [0.3, 0.4) is 0 Å². The number of anilines is 2. The summed E-state index contributed by atoms with van der Waals surface area (Å²) in [4.78, 5) is 43.8. The molecule has 4 aliphatic heterocycles. The first kappa shape index (κ1) is 20.4. The molecule has 1 spiro atoms. The van der Waals surface area contributed by atoms with Gasteiger partial charge in [-0.3, -0.25) is 19.3 Å². The van der Waals surface area contributed by atoms with E-state index in [4.69, 9.17) is 0 Å². The van der Waals surface area contributed by atoms with Gasteiger partial charge in [-0.05, 0) is 50.6 Å². The molecule has 2 aromatic rings. The lowest BCUT2D eigenvalue weighted by Crippen LogP contribution is -2.54. The predicted octanol–water partition coefficient (Wildman–Crippen LogP) is 3.45. The van der Waals surface area contributed by atoms with Crippen molar-refractivity contribution in [2.75, 3.05) is 16.8 Å². The first-order valence-electron chi connectivity index (χ1n) is 10.9. The summed E-state index contributed by atoms with van der Waals surface area (Å²) in [7, 11) is 0. The average Bonchev–Trinajstić information content (AvgIpc) is 3.46. The maximum atomic E-state index is 13.8. The third-order valence-electron chi connectivity index (χ3n) is 7.58. The maximum Gasteiger partial charge on any atom is 0.416 e. The molecule has 2 aromatic carbocycles. The number of nitrogens with one attached hydrogen (secondary N) is 1. The number of amides is 3. The van der Waals surface area contributed by atoms with Crippen LogP contribution in [0.25, 0.3) is 0 Å². The van der Waals surface area contributed by atoms with Crippen LogP contribution in [0.1, 0.15) is 29.5 Å². The molecule has 0 radical (unpaired) electrons. The summed E-state index contributed by atoms with van der Waals surface area (Å²) in [6.07, 6.45) is -3.19. The van der Waals surface area contributed by atoms with E-state index in [0.717, 1.165) is 29.0 Å². The van der Waals surface area contributed by atoms with Gasteiger partial charge in [-0.1, -0.05) is 23.8 Å². The van der Waals surface area contributed by atoms with Gasteiger partial charge in [0.05, 0.1) is 23.1 Å². The van der Waals surface area contributed by atoms with Crippen molar-refractivity contribution in [3.63, 3.8) is 0 Å². The predicted molar refractivity (Wildman–Crippen MR) is 112 cm³/mol. The van der Waals surface area contributed by atoms with E-state index in [0.29, 0.717) is 24.2 Å². The lowest BCUT2D eigenvalue weighted by molar-refractivity contribution is -0.137. The monoisotopic (exact) mass is 455 g/mol. The van der Waals surface area contributed by atoms with E-state index < -0.39 is 40.9 Å². The number of carbonyl (C=O) groups is 3. The molecule has 4 heterocycles. The highest BCUT2D eigenvalue weighted by Crippen LogP contribution is 2.60. The molecule has 0 unspecified atom stereocenters. The molecule has 0 aliphatic carbocycles. The van der Waals surface area contributed by atoms with Crippen LogP contribution in [0.4, 0.5) is 24.5 Å². The summed E-state index contributed by atoms with van der Waals surface area (Å²) in [5.74, 6) is -3.29. The zero-order chi connectivity index (χ0) is 23.3. The molecule has 6 nitrogen and oxygen atoms in total. The van der Waals surface area contributed by atoms with Crippen molar-refractivity contribution in [3.05, 3.63) is 59.2 Å². The van der Waals surface area contributed by atoms with Crippen molar-refractivity contribution in [3.8, 4) is 0 Å². The minimum absolute atomic E-state index is 0.114. The second-order valence-electron chi connectivity index (χ2n) is 9.24. The minimum atomic E-state index is -4.61. The van der Waals surface area contributed by atoms with E-state index in [2.05, 4.69) is 5.32 Å². The topological polar surface area (TPSA) is 69.7 Å². The van der Waals surface area contributed by atoms with Crippen LogP contribution in [0, 0.1) is 18.8 Å². The van der Waals surface area contributed by atoms with Crippen molar-refractivity contribution in [2.24, 2.45) is 11.8 Å². The van der Waals surface area contributed by atoms with Crippen LogP contribution in [0.5, 0.6) is 0 Å². The van der Waals surface area contributed by atoms with Crippen molar-refractivity contribution in [2.45, 2.75) is 37.5 Å². The molecule has 33 heavy (non-hydrogen) atoms. The first-order valence-corrected chi connectivity index (χ1v) is 10.9. The Morgan fingerprint density at radius 3 is 2.61 bits per heavy atom. The normalized spacial score (nSPS) is 30.7. The van der Waals surface area contributed by atoms with E-state index in [9.17, 15) is 27.6 Å². The van der Waals surface area contributed by atoms with Gasteiger partial charge < -0.3 is 5.32 Å². The third kappa shape index (κ3) is 2.45. The van der Waals surface area contributed by atoms with Gasteiger partial charge in [-0.25, -0.2) is 4.90 Å². The van der Waals surface area contributed by atoms with Gasteiger partial charge in [-0.15, -0.1) is 0 Å². The summed E-state index contributed by atoms with van der Waals surface area (Å²) < 4.78 is 39.9. The average molecular weight is 455 g/mol. The maximum absolute atomic E-state index is 13.8. The quantitative estimate of drug-likeness (QED) is 0.669. The van der Waals surface area contributed by atoms with E-state index in [1.807, 2.05) is 24.0 Å². The molecule has 4 aliphatic rings. The number of alkyl halides is 3. The smallest absolute Gasteiger partial charge is 0.324 e. The number of benzene rings is 2. The molecule has 9 heteroatoms. The van der Waals surface area contributed by atoms with Crippen molar-refractivity contribution >= 4 is 29.1 Å². The lowest BCUT2D eigenvalue weighted by Gasteiger charge is -2.36. The second-order valence-corrected chi connectivity index (χ2v) is 9.24. The van der Waals surface area contributed by atoms with E-state index in [1.54, 1.807) is 6.07 Å². The number of hydrogen-bond donors (Lipinski definition) is 1. The molecule has 6 rings (SSSR count). The van der Waals surface area contributed by atoms with E-state index in [-0.39, 0.29) is 17.6 Å². The van der Waals surface area contributed by atoms with E-state index in [1.165, 1.54) is 12.1 Å². The fourth-order valence-corrected chi connectivity index (χ4v) is 6.39. The molecule has 3 amide bonds. The molecule has 170 valence electrons. The number of hydrogen-bond acceptors (Lipinski definition) is 4. The van der Waals surface area contributed by atoms with Gasteiger partial charge in [0.2, 0.25) is 17.7 Å². The Morgan fingerprint density at radius 1 is 1.06 bits per heavy atom. The lowest BCUT2D eigenvalue weighted by atomic mass is 9.75. The molecule has 0 saturated carbocycles. The molecule has 3 fully saturated rings. The van der Waals surface area contributed by atoms with Crippen LogP contribution in [-0.2, 0) is 26.1 Å². The van der Waals surface area contributed by atoms with Crippen LogP contribution < -0.4 is 10.2 Å². The van der Waals surface area contributed by atoms with Crippen LogP contribution in [-0.4, -0.2) is 35.2 Å². The summed E-state index contributed by atoms with van der Waals surface area (Å²) in [5, 5.41) is 2.89. The Bertz CT molecular complexity index is 1240. The number of rotatable bonds is 1. The standard InChI is InChI=1S/C24H20F3N3O3/c1-12-7-8-16-15(10-12)23(22(33)28-16)19-18(17-6-3-9-29(17)23)20(31)30(21(19)32)14-5-2-4-13(11-14)24(25,26)27/h2,4-5,7-8,10-11,17-19H,3,6,9H2,1H3,(H,28,33)/t17-,18-,19-,23-/m1/s1. The van der Waals surface area contributed by atoms with Crippen molar-refractivity contribution in [1.82, 2.24) is 4.90 Å². The second kappa shape index (κ2) is 6.44. The number of nitrogens with zero attached hydrogens (tertiary/aromatic N) is 2. The zero-order valence-electron chi connectivity index (χ0n) is 17.6. The fourth-order valence-electron chi connectivity index (χ4n) is 6.39. The number of aryl methyl sites for hydroxylation is 1. The molecule has 4 atom stereocenters. The summed E-state index contributed by atoms with van der Waals surface area (Å²) in [6.45, 7) is 2.46. The molecule has 0 bridgehead atoms. The highest BCUT2D eigenvalue weighted by Gasteiger charge is 2.74. The molecule has 1 N–H and O–H groups in total. The number of fused-ring (bicyclic) bond motifs is 7. The molecule has 0 aromatic heterocycles. The fraction of sp³-hybridized carbons (Fsp3) is 0.375. The van der Waals surface area contributed by atoms with Crippen LogP contribution in [0.2, 0.25) is 0 Å². The SMILES string of the molecule is Cc1ccc2c(c1)[C@]1(C(=O)N2)[C@H]2C(=O)N(c3cccc(C(F)(F)F)c3)C(=O)[C@@H]2[C@H]2CCCN21. The summed E-state index contributed by atoms with van der Waals surface area (Å²) >= 11 is 0. The summed E-state index contributed by atoms with van der Waals surface area (Å²) in [5.41, 5.74) is -0.203. The highest BCUT2D eigenvalue weighted by molar-refractivity contribution is 6.25. The zero-order valence-corrected chi connectivity index (χ0v) is 17.6. The van der Waals surface area contributed by atoms with Crippen LogP contribution >= 0.6 is 0 Å². The Kier molecular flexibility index (Phi) is 3.98. The van der Waals surface area contributed by atoms with Gasteiger partial charge in [0.1, 0.15) is 5.54 Å². The first-order chi connectivity index (χ1) is 15.7. The Labute approximate surface area is 187 Å².